The number of pyridine rings is 2. The van der Waals surface area contributed by atoms with Gasteiger partial charge in [-0.05, 0) is 46.2 Å². The van der Waals surface area contributed by atoms with Crippen LogP contribution in [0.5, 0.6) is 0 Å². The van der Waals surface area contributed by atoms with Crippen molar-refractivity contribution in [2.75, 3.05) is 0 Å². The molecule has 10 rings (SSSR count). The summed E-state index contributed by atoms with van der Waals surface area (Å²) in [5.41, 5.74) is 8.11. The van der Waals surface area contributed by atoms with Crippen LogP contribution < -0.4 is 15.9 Å². The summed E-state index contributed by atoms with van der Waals surface area (Å²) in [7, 11) is -3.06. The molecule has 7 aromatic carbocycles. The van der Waals surface area contributed by atoms with E-state index >= 15 is 0 Å². The number of hydrogen-bond donors (Lipinski definition) is 0. The van der Waals surface area contributed by atoms with Gasteiger partial charge in [-0.25, -0.2) is 9.97 Å². The lowest BCUT2D eigenvalue weighted by Gasteiger charge is -2.20. The first-order valence-corrected chi connectivity index (χ1v) is 19.5. The van der Waals surface area contributed by atoms with Crippen molar-refractivity contribution in [3.8, 4) is 33.6 Å². The highest BCUT2D eigenvalue weighted by molar-refractivity contribution is 7.85. The number of imidazole rings is 1. The van der Waals surface area contributed by atoms with Crippen LogP contribution in [0.25, 0.3) is 71.7 Å². The van der Waals surface area contributed by atoms with Crippen LogP contribution in [-0.2, 0) is 4.57 Å². The van der Waals surface area contributed by atoms with Gasteiger partial charge in [-0.2, -0.15) is 0 Å². The van der Waals surface area contributed by atoms with Crippen LogP contribution in [0.2, 0.25) is 0 Å². The van der Waals surface area contributed by atoms with E-state index < -0.39 is 7.14 Å². The van der Waals surface area contributed by atoms with Crippen molar-refractivity contribution < 1.29 is 4.57 Å². The fourth-order valence-electron chi connectivity index (χ4n) is 7.60. The van der Waals surface area contributed by atoms with Crippen LogP contribution in [0.3, 0.4) is 0 Å². The molecule has 0 fully saturated rings. The topological polar surface area (TPSA) is 47.3 Å². The van der Waals surface area contributed by atoms with Gasteiger partial charge in [0.2, 0.25) is 0 Å². The van der Waals surface area contributed by atoms with Crippen LogP contribution in [0.4, 0.5) is 0 Å². The number of benzene rings is 7. The van der Waals surface area contributed by atoms with Gasteiger partial charge in [-0.1, -0.05) is 158 Å². The zero-order chi connectivity index (χ0) is 35.4. The van der Waals surface area contributed by atoms with E-state index in [9.17, 15) is 4.57 Å². The van der Waals surface area contributed by atoms with E-state index in [0.717, 1.165) is 87.7 Å². The van der Waals surface area contributed by atoms with Crippen molar-refractivity contribution in [3.05, 3.63) is 194 Å². The van der Waals surface area contributed by atoms with Crippen LogP contribution in [0, 0.1) is 0 Å². The summed E-state index contributed by atoms with van der Waals surface area (Å²) in [5.74, 6) is 0. The fraction of sp³-hybridized carbons (Fsp3) is 0. The van der Waals surface area contributed by atoms with E-state index in [1.807, 2.05) is 91.0 Å². The Kier molecular flexibility index (Phi) is 7.38. The molecule has 0 bridgehead atoms. The highest BCUT2D eigenvalue weighted by Gasteiger charge is 2.29. The van der Waals surface area contributed by atoms with E-state index in [2.05, 4.69) is 108 Å². The second kappa shape index (κ2) is 12.6. The average molecular weight is 698 g/mol. The maximum Gasteiger partial charge on any atom is 0.171 e. The molecule has 10 aromatic rings. The second-order valence-corrected chi connectivity index (χ2v) is 16.2. The lowest BCUT2D eigenvalue weighted by molar-refractivity contribution is 0.592. The van der Waals surface area contributed by atoms with Gasteiger partial charge in [0, 0.05) is 55.6 Å². The monoisotopic (exact) mass is 697 g/mol. The smallest absolute Gasteiger partial charge is 0.171 e. The van der Waals surface area contributed by atoms with Crippen molar-refractivity contribution in [1.82, 2.24) is 14.4 Å². The van der Waals surface area contributed by atoms with Crippen LogP contribution in [0.15, 0.2) is 194 Å². The van der Waals surface area contributed by atoms with Gasteiger partial charge in [0.05, 0.1) is 16.9 Å². The van der Waals surface area contributed by atoms with Crippen molar-refractivity contribution in [2.45, 2.75) is 0 Å². The van der Waals surface area contributed by atoms with Gasteiger partial charge in [0.1, 0.15) is 5.65 Å². The van der Waals surface area contributed by atoms with Crippen molar-refractivity contribution in [1.29, 1.82) is 0 Å². The van der Waals surface area contributed by atoms with Crippen LogP contribution >= 0.6 is 7.14 Å². The molecular weight excluding hydrogens is 666 g/mol. The second-order valence-electron chi connectivity index (χ2n) is 13.4. The summed E-state index contributed by atoms with van der Waals surface area (Å²) >= 11 is 0. The molecule has 0 aliphatic heterocycles. The number of rotatable bonds is 6. The average Bonchev–Trinajstić information content (AvgIpc) is 3.69. The molecule has 0 spiro atoms. The van der Waals surface area contributed by atoms with E-state index in [-0.39, 0.29) is 0 Å². The summed E-state index contributed by atoms with van der Waals surface area (Å²) in [6.07, 6.45) is 4.19. The Morgan fingerprint density at radius 1 is 0.453 bits per heavy atom. The molecule has 0 aliphatic carbocycles. The first kappa shape index (κ1) is 31.2. The third-order valence-corrected chi connectivity index (χ3v) is 13.3. The third kappa shape index (κ3) is 5.27. The molecular formula is C48H32N3OP. The summed E-state index contributed by atoms with van der Waals surface area (Å²) in [6, 6.07) is 61.9. The van der Waals surface area contributed by atoms with Gasteiger partial charge in [0.15, 0.2) is 7.14 Å². The van der Waals surface area contributed by atoms with Gasteiger partial charge in [0.25, 0.3) is 0 Å². The number of nitrogens with zero attached hydrogens (tertiary/aromatic N) is 3. The Morgan fingerprint density at radius 2 is 1.06 bits per heavy atom. The Morgan fingerprint density at radius 3 is 1.79 bits per heavy atom. The Balaban J connectivity index is 1.03. The fourth-order valence-corrected chi connectivity index (χ4v) is 10.3. The molecule has 3 aromatic heterocycles. The zero-order valence-electron chi connectivity index (χ0n) is 28.7. The lowest BCUT2D eigenvalue weighted by Crippen LogP contribution is -2.24. The molecule has 0 saturated carbocycles. The number of para-hydroxylation sites is 1. The van der Waals surface area contributed by atoms with Crippen LogP contribution in [0.1, 0.15) is 0 Å². The first-order chi connectivity index (χ1) is 26.1. The standard InChI is InChI=1S/C48H32N3OP/c52-53(39-14-6-2-7-15-39,40-16-8-3-9-17-40)41-27-26-37-30-36(24-25-38(37)31-41)33-20-22-35(23-21-33)47-43-28-29-51-32-45(34-12-4-1-5-13-34)50-48(51)46(43)42-18-10-11-19-44(42)49-47/h1-32H. The lowest BCUT2D eigenvalue weighted by atomic mass is 9.97. The maximum atomic E-state index is 15.0. The Hall–Kier alpha value is -6.61. The van der Waals surface area contributed by atoms with E-state index in [1.54, 1.807) is 0 Å². The SMILES string of the molecule is O=P(c1ccccc1)(c1ccccc1)c1ccc2cc(-c3ccc(-c4nc5ccccc5c5c4ccn4cc(-c6ccccc6)nc54)cc3)ccc2c1. The Bertz CT molecular complexity index is 2970. The van der Waals surface area contributed by atoms with Crippen LogP contribution in [-0.4, -0.2) is 14.4 Å². The first-order valence-electron chi connectivity index (χ1n) is 17.8. The summed E-state index contributed by atoms with van der Waals surface area (Å²) in [5, 5.41) is 7.91. The minimum Gasteiger partial charge on any atom is -0.309 e. The number of fused-ring (bicyclic) bond motifs is 6. The maximum absolute atomic E-state index is 15.0. The molecule has 3 heterocycles. The van der Waals surface area contributed by atoms with E-state index in [0.29, 0.717) is 0 Å². The summed E-state index contributed by atoms with van der Waals surface area (Å²) in [6.45, 7) is 0. The van der Waals surface area contributed by atoms with Gasteiger partial charge >= 0.3 is 0 Å². The quantitative estimate of drug-likeness (QED) is 0.128. The zero-order valence-corrected chi connectivity index (χ0v) is 29.6. The summed E-state index contributed by atoms with van der Waals surface area (Å²) in [4.78, 5) is 10.3. The van der Waals surface area contributed by atoms with Gasteiger partial charge in [-0.15, -0.1) is 0 Å². The third-order valence-electron chi connectivity index (χ3n) is 10.3. The largest absolute Gasteiger partial charge is 0.309 e. The van der Waals surface area contributed by atoms with Crippen molar-refractivity contribution >= 4 is 61.2 Å². The normalized spacial score (nSPS) is 11.8. The molecule has 53 heavy (non-hydrogen) atoms. The van der Waals surface area contributed by atoms with E-state index in [4.69, 9.17) is 9.97 Å². The van der Waals surface area contributed by atoms with Gasteiger partial charge in [-0.3, -0.25) is 0 Å². The Labute approximate surface area is 307 Å². The molecule has 0 aliphatic rings. The molecule has 250 valence electrons. The number of hydrogen-bond acceptors (Lipinski definition) is 3. The molecule has 4 nitrogen and oxygen atoms in total. The highest BCUT2D eigenvalue weighted by atomic mass is 31.2. The van der Waals surface area contributed by atoms with Crippen molar-refractivity contribution in [2.24, 2.45) is 0 Å². The molecule has 0 unspecified atom stereocenters. The molecule has 5 heteroatoms. The molecule has 0 radical (unpaired) electrons. The van der Waals surface area contributed by atoms with Crippen molar-refractivity contribution in [3.63, 3.8) is 0 Å². The highest BCUT2D eigenvalue weighted by Crippen LogP contribution is 2.43. The number of aromatic nitrogens is 3. The molecule has 0 atom stereocenters. The molecule has 0 N–H and O–H groups in total. The molecule has 0 saturated heterocycles. The minimum atomic E-state index is -3.06. The summed E-state index contributed by atoms with van der Waals surface area (Å²) < 4.78 is 17.1. The van der Waals surface area contributed by atoms with Gasteiger partial charge < -0.3 is 8.97 Å². The van der Waals surface area contributed by atoms with E-state index in [1.165, 1.54) is 0 Å². The predicted molar refractivity (Wildman–Crippen MR) is 221 cm³/mol. The minimum absolute atomic E-state index is 0.832. The molecule has 0 amide bonds. The predicted octanol–water partition coefficient (Wildman–Crippen LogP) is 10.8.